The summed E-state index contributed by atoms with van der Waals surface area (Å²) in [6.45, 7) is 1.12. The number of nitrogens with two attached hydrogens (primary N) is 2. The van der Waals surface area contributed by atoms with Crippen molar-refractivity contribution in [2.24, 2.45) is 0 Å². The number of ether oxygens (including phenoxy) is 1. The molecule has 8 rings (SSSR count). The Kier molecular flexibility index (Phi) is 10.2. The molecule has 2 aromatic carbocycles. The molecule has 0 saturated carbocycles. The van der Waals surface area contributed by atoms with Gasteiger partial charge in [0, 0.05) is 13.1 Å². The molecule has 20 heteroatoms. The van der Waals surface area contributed by atoms with Crippen LogP contribution in [0.1, 0.15) is 31.8 Å². The molecular weight excluding hydrogens is 712 g/mol. The van der Waals surface area contributed by atoms with Crippen LogP contribution in [0.3, 0.4) is 0 Å². The monoisotopic (exact) mass is 744 g/mol. The summed E-state index contributed by atoms with van der Waals surface area (Å²) < 4.78 is 18.0. The van der Waals surface area contributed by atoms with E-state index in [4.69, 9.17) is 25.4 Å². The van der Waals surface area contributed by atoms with E-state index < -0.39 is 5.97 Å². The van der Waals surface area contributed by atoms with Crippen LogP contribution in [0.2, 0.25) is 0 Å². The molecule has 278 valence electrons. The second-order valence-corrected chi connectivity index (χ2v) is 11.6. The Morgan fingerprint density at radius 3 is 1.53 bits per heavy atom. The van der Waals surface area contributed by atoms with Gasteiger partial charge in [-0.3, -0.25) is 0 Å². The van der Waals surface area contributed by atoms with Gasteiger partial charge in [-0.1, -0.05) is 24.3 Å². The standard InChI is InChI=1S/C18H17N7O3.C17H15N7O3/c1-27-15(26)12-6-4-11(5-7-12)8-9-20-17-22-16(19)25-18(23-17)21-14(24-25)13-3-2-10-28-13;18-15-21-16(19-8-7-10-3-5-11(6-4-10)14(25)26)22-17-20-13(23-24(15)17)12-2-1-9-27-12/h2-7,10H,8-9H2,1H3,(H3,19,20,21,22,23,24);1-6,9H,7-8H2,(H,25,26)(H3,18,19,20,21,22,23). The Morgan fingerprint density at radius 1 is 0.673 bits per heavy atom. The number of hydrogen-bond acceptors (Lipinski definition) is 17. The van der Waals surface area contributed by atoms with Gasteiger partial charge in [-0.05, 0) is 72.5 Å². The molecule has 0 unspecified atom stereocenters. The van der Waals surface area contributed by atoms with Gasteiger partial charge >= 0.3 is 11.9 Å². The lowest BCUT2D eigenvalue weighted by Crippen LogP contribution is -2.12. The summed E-state index contributed by atoms with van der Waals surface area (Å²) in [6, 6.07) is 20.9. The Hall–Kier alpha value is -7.90. The molecular formula is C35H32N14O6. The summed E-state index contributed by atoms with van der Waals surface area (Å²) >= 11 is 0. The minimum atomic E-state index is -0.945. The van der Waals surface area contributed by atoms with Crippen LogP contribution in [-0.4, -0.2) is 86.4 Å². The Balaban J connectivity index is 0.000000169. The van der Waals surface area contributed by atoms with Gasteiger partial charge in [0.1, 0.15) is 0 Å². The highest BCUT2D eigenvalue weighted by Crippen LogP contribution is 2.19. The third-order valence-corrected chi connectivity index (χ3v) is 7.92. The molecule has 0 amide bonds. The highest BCUT2D eigenvalue weighted by Gasteiger charge is 2.15. The number of fused-ring (bicyclic) bond motifs is 2. The maximum atomic E-state index is 11.5. The number of anilines is 4. The topological polar surface area (TPSA) is 278 Å². The van der Waals surface area contributed by atoms with Crippen LogP contribution >= 0.6 is 0 Å². The minimum Gasteiger partial charge on any atom is -0.478 e. The van der Waals surface area contributed by atoms with Crippen molar-refractivity contribution in [2.75, 3.05) is 42.3 Å². The van der Waals surface area contributed by atoms with E-state index in [1.165, 1.54) is 22.4 Å². The van der Waals surface area contributed by atoms with Gasteiger partial charge in [0.15, 0.2) is 11.5 Å². The minimum absolute atomic E-state index is 0.151. The van der Waals surface area contributed by atoms with Gasteiger partial charge in [-0.25, -0.2) is 9.59 Å². The largest absolute Gasteiger partial charge is 0.478 e. The van der Waals surface area contributed by atoms with Gasteiger partial charge in [-0.15, -0.1) is 10.2 Å². The second-order valence-electron chi connectivity index (χ2n) is 11.6. The zero-order valence-electron chi connectivity index (χ0n) is 29.0. The van der Waals surface area contributed by atoms with Gasteiger partial charge in [0.2, 0.25) is 35.4 Å². The zero-order chi connectivity index (χ0) is 38.3. The van der Waals surface area contributed by atoms with Crippen LogP contribution < -0.4 is 22.1 Å². The van der Waals surface area contributed by atoms with Crippen molar-refractivity contribution in [3.05, 3.63) is 108 Å². The molecule has 0 aliphatic carbocycles. The molecule has 20 nitrogen and oxygen atoms in total. The number of nitrogens with zero attached hydrogens (tertiary/aromatic N) is 10. The van der Waals surface area contributed by atoms with E-state index in [0.29, 0.717) is 78.1 Å². The van der Waals surface area contributed by atoms with Gasteiger partial charge < -0.3 is 40.8 Å². The number of rotatable bonds is 12. The summed E-state index contributed by atoms with van der Waals surface area (Å²) in [5.41, 5.74) is 14.7. The molecule has 0 spiro atoms. The molecule has 7 N–H and O–H groups in total. The average Bonchev–Trinajstić information content (AvgIpc) is 4.02. The number of nitrogen functional groups attached to an aromatic ring is 2. The summed E-state index contributed by atoms with van der Waals surface area (Å²) in [5, 5.41) is 23.6. The maximum Gasteiger partial charge on any atom is 0.337 e. The highest BCUT2D eigenvalue weighted by molar-refractivity contribution is 5.89. The molecule has 6 aromatic heterocycles. The molecule has 0 radical (unpaired) electrons. The fourth-order valence-electron chi connectivity index (χ4n) is 5.17. The Morgan fingerprint density at radius 2 is 1.13 bits per heavy atom. The van der Waals surface area contributed by atoms with E-state index in [1.54, 1.807) is 66.9 Å². The molecule has 0 bridgehead atoms. The van der Waals surface area contributed by atoms with Crippen molar-refractivity contribution in [3.8, 4) is 23.2 Å². The lowest BCUT2D eigenvalue weighted by molar-refractivity contribution is 0.0599. The maximum absolute atomic E-state index is 11.5. The number of carbonyl (C=O) groups is 2. The first kappa shape index (κ1) is 35.5. The molecule has 0 atom stereocenters. The van der Waals surface area contributed by atoms with Crippen molar-refractivity contribution in [2.45, 2.75) is 12.8 Å². The lowest BCUT2D eigenvalue weighted by Gasteiger charge is -2.06. The van der Waals surface area contributed by atoms with Crippen molar-refractivity contribution >= 4 is 47.3 Å². The van der Waals surface area contributed by atoms with Crippen LogP contribution in [-0.2, 0) is 17.6 Å². The van der Waals surface area contributed by atoms with Crippen LogP contribution in [0.5, 0.6) is 0 Å². The smallest absolute Gasteiger partial charge is 0.337 e. The van der Waals surface area contributed by atoms with Gasteiger partial charge in [0.05, 0.1) is 30.8 Å². The number of aromatic carboxylic acids is 1. The number of hydrogen-bond donors (Lipinski definition) is 5. The van der Waals surface area contributed by atoms with E-state index in [9.17, 15) is 9.59 Å². The third kappa shape index (κ3) is 8.27. The molecule has 0 saturated heterocycles. The second kappa shape index (κ2) is 15.8. The van der Waals surface area contributed by atoms with Crippen LogP contribution in [0, 0.1) is 0 Å². The summed E-state index contributed by atoms with van der Waals surface area (Å²) in [7, 11) is 1.36. The van der Waals surface area contributed by atoms with Crippen LogP contribution in [0.25, 0.3) is 34.7 Å². The lowest BCUT2D eigenvalue weighted by atomic mass is 10.1. The van der Waals surface area contributed by atoms with E-state index >= 15 is 0 Å². The van der Waals surface area contributed by atoms with E-state index in [0.717, 1.165) is 11.1 Å². The quantitative estimate of drug-likeness (QED) is 0.112. The Bertz CT molecular complexity index is 2550. The van der Waals surface area contributed by atoms with Crippen LogP contribution in [0.15, 0.2) is 94.2 Å². The zero-order valence-corrected chi connectivity index (χ0v) is 29.0. The predicted octanol–water partition coefficient (Wildman–Crippen LogP) is 3.52. The highest BCUT2D eigenvalue weighted by atomic mass is 16.5. The third-order valence-electron chi connectivity index (χ3n) is 7.92. The first-order valence-corrected chi connectivity index (χ1v) is 16.6. The fourth-order valence-corrected chi connectivity index (χ4v) is 5.17. The van der Waals surface area contributed by atoms with E-state index in [-0.39, 0.29) is 23.4 Å². The first-order valence-electron chi connectivity index (χ1n) is 16.6. The molecule has 0 aliphatic heterocycles. The summed E-state index contributed by atoms with van der Waals surface area (Å²) in [4.78, 5) is 48.0. The molecule has 8 aromatic rings. The molecule has 0 fully saturated rings. The summed E-state index contributed by atoms with van der Waals surface area (Å²) in [6.07, 6.45) is 4.45. The number of benzene rings is 2. The average molecular weight is 745 g/mol. The van der Waals surface area contributed by atoms with Crippen molar-refractivity contribution in [3.63, 3.8) is 0 Å². The van der Waals surface area contributed by atoms with Crippen LogP contribution in [0.4, 0.5) is 23.8 Å². The number of carboxylic acid groups (broad SMARTS) is 1. The number of nitrogens with one attached hydrogen (secondary N) is 2. The number of methoxy groups -OCH3 is 1. The predicted molar refractivity (Wildman–Crippen MR) is 197 cm³/mol. The number of carbonyl (C=O) groups excluding carboxylic acids is 1. The molecule has 55 heavy (non-hydrogen) atoms. The van der Waals surface area contributed by atoms with Crippen molar-refractivity contribution < 1.29 is 28.3 Å². The fraction of sp³-hybridized carbons (Fsp3) is 0.143. The SMILES string of the molecule is COC(=O)c1ccc(CCNc2nc(N)n3nc(-c4ccco4)nc3n2)cc1.Nc1nc(NCCc2ccc(C(=O)O)cc2)nc2nc(-c3ccco3)nn12. The van der Waals surface area contributed by atoms with Gasteiger partial charge in [0.25, 0.3) is 11.6 Å². The van der Waals surface area contributed by atoms with E-state index in [1.807, 2.05) is 12.1 Å². The number of esters is 1. The molecule has 0 aliphatic rings. The van der Waals surface area contributed by atoms with Crippen molar-refractivity contribution in [1.29, 1.82) is 0 Å². The Labute approximate surface area is 310 Å². The number of furan rings is 2. The van der Waals surface area contributed by atoms with Gasteiger partial charge in [-0.2, -0.15) is 38.9 Å². The summed E-state index contributed by atoms with van der Waals surface area (Å²) in [5.74, 6) is 2.13. The molecule has 6 heterocycles. The number of carboxylic acids is 1. The normalized spacial score (nSPS) is 10.9. The van der Waals surface area contributed by atoms with Crippen molar-refractivity contribution in [1.82, 2.24) is 49.1 Å². The van der Waals surface area contributed by atoms with E-state index in [2.05, 4.69) is 55.5 Å². The first-order chi connectivity index (χ1) is 26.7. The number of aromatic nitrogens is 10.